The average molecular weight is 362 g/mol. The minimum atomic E-state index is -4.73. The van der Waals surface area contributed by atoms with Crippen LogP contribution in [0.2, 0.25) is 0 Å². The maximum Gasteiger partial charge on any atom is 0.416 e. The molecule has 4 nitrogen and oxygen atoms in total. The lowest BCUT2D eigenvalue weighted by atomic mass is 10.0. The van der Waals surface area contributed by atoms with Crippen molar-refractivity contribution in [3.05, 3.63) is 45.7 Å². The van der Waals surface area contributed by atoms with E-state index in [2.05, 4.69) is 15.0 Å². The number of alkyl halides is 3. The predicted octanol–water partition coefficient (Wildman–Crippen LogP) is 4.24. The van der Waals surface area contributed by atoms with Crippen LogP contribution in [0.3, 0.4) is 0 Å². The number of aromatic nitrogens is 1. The average Bonchev–Trinajstić information content (AvgIpc) is 2.81. The Morgan fingerprint density at radius 3 is 2.46 bits per heavy atom. The highest BCUT2D eigenvalue weighted by Gasteiger charge is 2.33. The van der Waals surface area contributed by atoms with E-state index in [-0.39, 0.29) is 5.56 Å². The molecule has 1 unspecified atom stereocenters. The Kier molecular flexibility index (Phi) is 5.12. The monoisotopic (exact) mass is 362 g/mol. The summed E-state index contributed by atoms with van der Waals surface area (Å²) >= 11 is 1.23. The van der Waals surface area contributed by atoms with Crippen LogP contribution >= 0.6 is 11.3 Å². The van der Waals surface area contributed by atoms with Crippen molar-refractivity contribution in [1.29, 1.82) is 0 Å². The van der Waals surface area contributed by atoms with Gasteiger partial charge in [-0.2, -0.15) is 13.2 Å². The van der Waals surface area contributed by atoms with Gasteiger partial charge in [0.25, 0.3) is 0 Å². The van der Waals surface area contributed by atoms with Crippen molar-refractivity contribution in [2.24, 2.45) is 0 Å². The topological polar surface area (TPSA) is 51.2 Å². The Morgan fingerprint density at radius 2 is 1.96 bits per heavy atom. The number of ether oxygens (including phenoxy) is 1. The van der Waals surface area contributed by atoms with Crippen molar-refractivity contribution in [3.63, 3.8) is 0 Å². The fourth-order valence-electron chi connectivity index (χ4n) is 2.00. The van der Waals surface area contributed by atoms with Gasteiger partial charge < -0.3 is 10.1 Å². The molecule has 0 radical (unpaired) electrons. The van der Waals surface area contributed by atoms with E-state index in [1.54, 1.807) is 6.92 Å². The number of carbonyl (C=O) groups excluding carboxylic acids is 1. The summed E-state index contributed by atoms with van der Waals surface area (Å²) in [5, 5.41) is 3.04. The van der Waals surface area contributed by atoms with E-state index in [9.17, 15) is 22.4 Å². The highest BCUT2D eigenvalue weighted by Crippen LogP contribution is 2.33. The van der Waals surface area contributed by atoms with Crippen molar-refractivity contribution in [3.8, 4) is 0 Å². The van der Waals surface area contributed by atoms with Gasteiger partial charge in [0.15, 0.2) is 11.2 Å². The zero-order chi connectivity index (χ0) is 18.1. The second-order valence-corrected chi connectivity index (χ2v) is 6.24. The maximum absolute atomic E-state index is 13.6. The van der Waals surface area contributed by atoms with Crippen molar-refractivity contribution in [2.45, 2.75) is 26.1 Å². The number of nitrogens with zero attached hydrogens (tertiary/aromatic N) is 1. The number of benzene rings is 1. The number of nitrogens with one attached hydrogen (secondary N) is 1. The quantitative estimate of drug-likeness (QED) is 0.653. The molecule has 0 amide bonds. The molecule has 0 fully saturated rings. The number of thiazole rings is 1. The summed E-state index contributed by atoms with van der Waals surface area (Å²) in [4.78, 5) is 17.0. The first-order valence-electron chi connectivity index (χ1n) is 6.78. The van der Waals surface area contributed by atoms with Crippen LogP contribution in [0, 0.1) is 19.7 Å². The molecule has 9 heteroatoms. The number of aryl methyl sites for hydroxylation is 2. The van der Waals surface area contributed by atoms with Gasteiger partial charge in [-0.05, 0) is 37.6 Å². The van der Waals surface area contributed by atoms with Gasteiger partial charge in [0.1, 0.15) is 5.82 Å². The molecule has 0 aliphatic rings. The highest BCUT2D eigenvalue weighted by molar-refractivity contribution is 7.15. The molecule has 1 N–H and O–H groups in total. The number of hydrogen-bond donors (Lipinski definition) is 1. The van der Waals surface area contributed by atoms with Crippen molar-refractivity contribution >= 4 is 22.4 Å². The third-order valence-corrected chi connectivity index (χ3v) is 4.32. The molecule has 0 bridgehead atoms. The van der Waals surface area contributed by atoms with E-state index in [1.165, 1.54) is 11.3 Å². The maximum atomic E-state index is 13.6. The second-order valence-electron chi connectivity index (χ2n) is 5.03. The normalized spacial score (nSPS) is 12.8. The van der Waals surface area contributed by atoms with Crippen LogP contribution in [0.5, 0.6) is 0 Å². The molecule has 1 aromatic heterocycles. The first kappa shape index (κ1) is 18.2. The van der Waals surface area contributed by atoms with Crippen LogP contribution in [0.15, 0.2) is 18.2 Å². The van der Waals surface area contributed by atoms with E-state index >= 15 is 0 Å². The minimum absolute atomic E-state index is 0.195. The molecule has 0 aliphatic carbocycles. The molecule has 0 aliphatic heterocycles. The van der Waals surface area contributed by atoms with Crippen LogP contribution in [-0.2, 0) is 15.7 Å². The first-order chi connectivity index (χ1) is 11.1. The Hall–Kier alpha value is -2.16. The molecular weight excluding hydrogens is 348 g/mol. The summed E-state index contributed by atoms with van der Waals surface area (Å²) in [5.74, 6) is -1.94. The highest BCUT2D eigenvalue weighted by atomic mass is 32.1. The minimum Gasteiger partial charge on any atom is -0.467 e. The fraction of sp³-hybridized carbons (Fsp3) is 0.333. The SMILES string of the molecule is COC(=O)C(Nc1nc(C)c(C)s1)c1cc(F)cc(C(F)(F)F)c1. The lowest BCUT2D eigenvalue weighted by molar-refractivity contribution is -0.142. The third-order valence-electron chi connectivity index (χ3n) is 3.31. The molecule has 2 rings (SSSR count). The number of anilines is 1. The number of halogens is 4. The summed E-state index contributed by atoms with van der Waals surface area (Å²) in [6.45, 7) is 3.57. The van der Waals surface area contributed by atoms with Crippen molar-refractivity contribution in [2.75, 3.05) is 12.4 Å². The number of hydrogen-bond acceptors (Lipinski definition) is 5. The Labute approximate surface area is 139 Å². The molecule has 24 heavy (non-hydrogen) atoms. The number of rotatable bonds is 4. The van der Waals surface area contributed by atoms with Crippen LogP contribution in [0.25, 0.3) is 0 Å². The Bertz CT molecular complexity index is 739. The van der Waals surface area contributed by atoms with Crippen molar-refractivity contribution in [1.82, 2.24) is 4.98 Å². The fourth-order valence-corrected chi connectivity index (χ4v) is 2.84. The second kappa shape index (κ2) is 6.76. The van der Waals surface area contributed by atoms with E-state index in [0.717, 1.165) is 23.7 Å². The number of carbonyl (C=O) groups is 1. The summed E-state index contributed by atoms with van der Waals surface area (Å²) in [7, 11) is 1.10. The summed E-state index contributed by atoms with van der Waals surface area (Å²) in [6.07, 6.45) is -4.73. The molecule has 1 aromatic carbocycles. The molecular formula is C15H14F4N2O2S. The van der Waals surface area contributed by atoms with Crippen LogP contribution < -0.4 is 5.32 Å². The lowest BCUT2D eigenvalue weighted by Gasteiger charge is -2.18. The molecule has 0 saturated heterocycles. The number of esters is 1. The summed E-state index contributed by atoms with van der Waals surface area (Å²) < 4.78 is 56.8. The molecule has 1 heterocycles. The van der Waals surface area contributed by atoms with Crippen LogP contribution in [0.1, 0.15) is 27.7 Å². The smallest absolute Gasteiger partial charge is 0.416 e. The summed E-state index contributed by atoms with van der Waals surface area (Å²) in [5.41, 5.74) is -0.652. The third kappa shape index (κ3) is 4.02. The van der Waals surface area contributed by atoms with Crippen molar-refractivity contribution < 1.29 is 27.1 Å². The van der Waals surface area contributed by atoms with E-state index in [1.807, 2.05) is 6.92 Å². The zero-order valence-corrected chi connectivity index (χ0v) is 13.8. The van der Waals surface area contributed by atoms with Crippen LogP contribution in [0.4, 0.5) is 22.7 Å². The van der Waals surface area contributed by atoms with Gasteiger partial charge in [-0.1, -0.05) is 0 Å². The predicted molar refractivity (Wildman–Crippen MR) is 81.4 cm³/mol. The first-order valence-corrected chi connectivity index (χ1v) is 7.59. The summed E-state index contributed by atoms with van der Waals surface area (Å²) in [6, 6.07) is 0.634. The van der Waals surface area contributed by atoms with Gasteiger partial charge >= 0.3 is 12.1 Å². The molecule has 0 saturated carbocycles. The van der Waals surface area contributed by atoms with E-state index in [4.69, 9.17) is 0 Å². The molecule has 0 spiro atoms. The standard InChI is InChI=1S/C15H14F4N2O2S/c1-7-8(2)24-14(20-7)21-12(13(22)23-3)9-4-10(15(17,18)19)6-11(16)5-9/h4-6,12H,1-3H3,(H,20,21). The lowest BCUT2D eigenvalue weighted by Crippen LogP contribution is -2.23. The molecule has 2 aromatic rings. The van der Waals surface area contributed by atoms with Gasteiger partial charge in [0, 0.05) is 4.88 Å². The van der Waals surface area contributed by atoms with Gasteiger partial charge in [-0.3, -0.25) is 0 Å². The van der Waals surface area contributed by atoms with E-state index in [0.29, 0.717) is 17.3 Å². The van der Waals surface area contributed by atoms with E-state index < -0.39 is 29.6 Å². The van der Waals surface area contributed by atoms with Gasteiger partial charge in [-0.15, -0.1) is 11.3 Å². The number of methoxy groups -OCH3 is 1. The van der Waals surface area contributed by atoms with Crippen LogP contribution in [-0.4, -0.2) is 18.1 Å². The zero-order valence-electron chi connectivity index (χ0n) is 13.0. The van der Waals surface area contributed by atoms with Gasteiger partial charge in [0.2, 0.25) is 0 Å². The van der Waals surface area contributed by atoms with Gasteiger partial charge in [-0.25, -0.2) is 14.2 Å². The van der Waals surface area contributed by atoms with Gasteiger partial charge in [0.05, 0.1) is 18.4 Å². The Balaban J connectivity index is 2.44. The molecule has 1 atom stereocenters. The largest absolute Gasteiger partial charge is 0.467 e. The molecule has 130 valence electrons. The Morgan fingerprint density at radius 1 is 1.29 bits per heavy atom.